The molecule has 1 N–H and O–H groups in total. The van der Waals surface area contributed by atoms with E-state index in [0.29, 0.717) is 5.92 Å². The van der Waals surface area contributed by atoms with Crippen LogP contribution in [0.15, 0.2) is 18.2 Å². The number of anilines is 1. The maximum Gasteiger partial charge on any atom is 0.146 e. The number of halogens is 1. The summed E-state index contributed by atoms with van der Waals surface area (Å²) in [5, 5.41) is 3.27. The third-order valence-electron chi connectivity index (χ3n) is 3.10. The SMILES string of the molecule is CC(C)c1ccc(N2CCNCC2)c(F)c1. The molecule has 2 nitrogen and oxygen atoms in total. The molecule has 1 aliphatic rings. The lowest BCUT2D eigenvalue weighted by atomic mass is 10.0. The van der Waals surface area contributed by atoms with Crippen LogP contribution in [0.1, 0.15) is 25.3 Å². The Morgan fingerprint density at radius 1 is 1.25 bits per heavy atom. The molecule has 1 aliphatic heterocycles. The van der Waals surface area contributed by atoms with Crippen molar-refractivity contribution in [2.45, 2.75) is 19.8 Å². The van der Waals surface area contributed by atoms with Crippen molar-refractivity contribution in [2.24, 2.45) is 0 Å². The van der Waals surface area contributed by atoms with Crippen molar-refractivity contribution in [1.82, 2.24) is 5.32 Å². The van der Waals surface area contributed by atoms with Crippen LogP contribution < -0.4 is 10.2 Å². The monoisotopic (exact) mass is 222 g/mol. The van der Waals surface area contributed by atoms with Crippen LogP contribution in [-0.4, -0.2) is 26.2 Å². The summed E-state index contributed by atoms with van der Waals surface area (Å²) in [6.45, 7) is 7.81. The lowest BCUT2D eigenvalue weighted by Crippen LogP contribution is -2.43. The molecule has 0 saturated carbocycles. The van der Waals surface area contributed by atoms with Gasteiger partial charge in [-0.1, -0.05) is 19.9 Å². The Balaban J connectivity index is 2.21. The minimum Gasteiger partial charge on any atom is -0.367 e. The number of nitrogens with zero attached hydrogens (tertiary/aromatic N) is 1. The van der Waals surface area contributed by atoms with Crippen molar-refractivity contribution < 1.29 is 4.39 Å². The predicted octanol–water partition coefficient (Wildman–Crippen LogP) is 2.36. The molecule has 1 saturated heterocycles. The van der Waals surface area contributed by atoms with Crippen LogP contribution in [0.4, 0.5) is 10.1 Å². The second-order valence-corrected chi connectivity index (χ2v) is 4.60. The number of rotatable bonds is 2. The van der Waals surface area contributed by atoms with E-state index in [-0.39, 0.29) is 5.82 Å². The van der Waals surface area contributed by atoms with Crippen molar-refractivity contribution >= 4 is 5.69 Å². The summed E-state index contributed by atoms with van der Waals surface area (Å²) in [6.07, 6.45) is 0. The Bertz CT molecular complexity index is 357. The van der Waals surface area contributed by atoms with Gasteiger partial charge in [0.2, 0.25) is 0 Å². The van der Waals surface area contributed by atoms with Crippen LogP contribution in [0.25, 0.3) is 0 Å². The predicted molar refractivity (Wildman–Crippen MR) is 65.6 cm³/mol. The number of hydrogen-bond acceptors (Lipinski definition) is 2. The molecule has 0 radical (unpaired) electrons. The Morgan fingerprint density at radius 3 is 2.50 bits per heavy atom. The molecule has 0 unspecified atom stereocenters. The molecule has 0 bridgehead atoms. The summed E-state index contributed by atoms with van der Waals surface area (Å²) in [5.74, 6) is 0.291. The van der Waals surface area contributed by atoms with Crippen LogP contribution in [0.3, 0.4) is 0 Å². The Labute approximate surface area is 96.5 Å². The summed E-state index contributed by atoms with van der Waals surface area (Å²) >= 11 is 0. The number of hydrogen-bond donors (Lipinski definition) is 1. The fourth-order valence-electron chi connectivity index (χ4n) is 2.04. The average Bonchev–Trinajstić information content (AvgIpc) is 2.30. The highest BCUT2D eigenvalue weighted by atomic mass is 19.1. The van der Waals surface area contributed by atoms with Crippen molar-refractivity contribution in [2.75, 3.05) is 31.1 Å². The van der Waals surface area contributed by atoms with E-state index >= 15 is 0 Å². The average molecular weight is 222 g/mol. The van der Waals surface area contributed by atoms with Crippen molar-refractivity contribution in [3.8, 4) is 0 Å². The van der Waals surface area contributed by atoms with E-state index in [4.69, 9.17) is 0 Å². The first-order chi connectivity index (χ1) is 7.68. The smallest absolute Gasteiger partial charge is 0.146 e. The molecule has 0 spiro atoms. The molecule has 0 aromatic heterocycles. The third kappa shape index (κ3) is 2.35. The second kappa shape index (κ2) is 4.83. The molecule has 3 heteroatoms. The van der Waals surface area contributed by atoms with E-state index in [0.717, 1.165) is 37.4 Å². The standard InChI is InChI=1S/C13H19FN2/c1-10(2)11-3-4-13(12(14)9-11)16-7-5-15-6-8-16/h3-4,9-10,15H,5-8H2,1-2H3. The van der Waals surface area contributed by atoms with Gasteiger partial charge in [-0.2, -0.15) is 0 Å². The van der Waals surface area contributed by atoms with E-state index in [9.17, 15) is 4.39 Å². The fourth-order valence-corrected chi connectivity index (χ4v) is 2.04. The normalized spacial score (nSPS) is 16.9. The zero-order valence-corrected chi connectivity index (χ0v) is 9.96. The summed E-state index contributed by atoms with van der Waals surface area (Å²) in [7, 11) is 0. The van der Waals surface area contributed by atoms with Crippen LogP contribution in [-0.2, 0) is 0 Å². The molecule has 0 aliphatic carbocycles. The van der Waals surface area contributed by atoms with Gasteiger partial charge in [-0.15, -0.1) is 0 Å². The van der Waals surface area contributed by atoms with E-state index in [2.05, 4.69) is 24.1 Å². The highest BCUT2D eigenvalue weighted by Crippen LogP contribution is 2.24. The van der Waals surface area contributed by atoms with E-state index in [1.807, 2.05) is 12.1 Å². The zero-order valence-electron chi connectivity index (χ0n) is 9.96. The lowest BCUT2D eigenvalue weighted by Gasteiger charge is -2.30. The van der Waals surface area contributed by atoms with Gasteiger partial charge in [0.1, 0.15) is 5.82 Å². The van der Waals surface area contributed by atoms with Gasteiger partial charge in [0.05, 0.1) is 5.69 Å². The molecule has 88 valence electrons. The van der Waals surface area contributed by atoms with Crippen molar-refractivity contribution in [1.29, 1.82) is 0 Å². The quantitative estimate of drug-likeness (QED) is 0.826. The summed E-state index contributed by atoms with van der Waals surface area (Å²) in [5.41, 5.74) is 1.81. The topological polar surface area (TPSA) is 15.3 Å². The third-order valence-corrected chi connectivity index (χ3v) is 3.10. The molecule has 1 aromatic carbocycles. The summed E-state index contributed by atoms with van der Waals surface area (Å²) in [4.78, 5) is 2.11. The van der Waals surface area contributed by atoms with E-state index < -0.39 is 0 Å². The van der Waals surface area contributed by atoms with Gasteiger partial charge in [-0.25, -0.2) is 4.39 Å². The molecule has 1 fully saturated rings. The molecule has 0 amide bonds. The van der Waals surface area contributed by atoms with Gasteiger partial charge < -0.3 is 10.2 Å². The number of piperazine rings is 1. The van der Waals surface area contributed by atoms with Crippen LogP contribution >= 0.6 is 0 Å². The van der Waals surface area contributed by atoms with Crippen LogP contribution in [0.5, 0.6) is 0 Å². The molecule has 1 aromatic rings. The molecule has 1 heterocycles. The van der Waals surface area contributed by atoms with Gasteiger partial charge in [0.15, 0.2) is 0 Å². The largest absolute Gasteiger partial charge is 0.367 e. The second-order valence-electron chi connectivity index (χ2n) is 4.60. The van der Waals surface area contributed by atoms with Crippen LogP contribution in [0.2, 0.25) is 0 Å². The molecular weight excluding hydrogens is 203 g/mol. The summed E-state index contributed by atoms with van der Waals surface area (Å²) in [6, 6.07) is 5.61. The molecular formula is C13H19FN2. The van der Waals surface area contributed by atoms with Gasteiger partial charge in [-0.05, 0) is 23.6 Å². The first-order valence-corrected chi connectivity index (χ1v) is 5.93. The molecule has 2 rings (SSSR count). The lowest BCUT2D eigenvalue weighted by molar-refractivity contribution is 0.565. The van der Waals surface area contributed by atoms with Gasteiger partial charge in [-0.3, -0.25) is 0 Å². The first-order valence-electron chi connectivity index (χ1n) is 5.93. The minimum absolute atomic E-state index is 0.0897. The van der Waals surface area contributed by atoms with E-state index in [1.54, 1.807) is 6.07 Å². The first kappa shape index (κ1) is 11.4. The highest BCUT2D eigenvalue weighted by molar-refractivity contribution is 5.50. The van der Waals surface area contributed by atoms with Gasteiger partial charge >= 0.3 is 0 Å². The number of benzene rings is 1. The summed E-state index contributed by atoms with van der Waals surface area (Å²) < 4.78 is 13.9. The van der Waals surface area contributed by atoms with Crippen LogP contribution in [0, 0.1) is 5.82 Å². The molecule has 0 atom stereocenters. The van der Waals surface area contributed by atoms with E-state index in [1.165, 1.54) is 0 Å². The Hall–Kier alpha value is -1.09. The highest BCUT2D eigenvalue weighted by Gasteiger charge is 2.14. The van der Waals surface area contributed by atoms with Crippen molar-refractivity contribution in [3.63, 3.8) is 0 Å². The Kier molecular flexibility index (Phi) is 3.44. The van der Waals surface area contributed by atoms with Gasteiger partial charge in [0, 0.05) is 26.2 Å². The molecule has 16 heavy (non-hydrogen) atoms. The maximum absolute atomic E-state index is 13.9. The zero-order chi connectivity index (χ0) is 11.5. The Morgan fingerprint density at radius 2 is 1.94 bits per heavy atom. The van der Waals surface area contributed by atoms with Gasteiger partial charge in [0.25, 0.3) is 0 Å². The maximum atomic E-state index is 13.9. The number of nitrogens with one attached hydrogen (secondary N) is 1. The minimum atomic E-state index is -0.0897. The fraction of sp³-hybridized carbons (Fsp3) is 0.538. The van der Waals surface area contributed by atoms with Crippen molar-refractivity contribution in [3.05, 3.63) is 29.6 Å².